The molecule has 4 nitrogen and oxygen atoms in total. The van der Waals surface area contributed by atoms with Crippen molar-refractivity contribution in [2.45, 2.75) is 13.5 Å². The van der Waals surface area contributed by atoms with E-state index in [9.17, 15) is 4.79 Å². The predicted molar refractivity (Wildman–Crippen MR) is 84.8 cm³/mol. The second kappa shape index (κ2) is 7.33. The van der Waals surface area contributed by atoms with E-state index in [4.69, 9.17) is 4.74 Å². The van der Waals surface area contributed by atoms with E-state index in [-0.39, 0.29) is 5.91 Å². The number of nitrogens with one attached hydrogen (secondary N) is 2. The number of amides is 1. The van der Waals surface area contributed by atoms with Crippen LogP contribution in [0.5, 0.6) is 5.75 Å². The zero-order chi connectivity index (χ0) is 15.1. The summed E-state index contributed by atoms with van der Waals surface area (Å²) in [6.07, 6.45) is 0. The van der Waals surface area contributed by atoms with Gasteiger partial charge in [-0.25, -0.2) is 0 Å². The second-order valence-corrected chi connectivity index (χ2v) is 4.61. The van der Waals surface area contributed by atoms with Gasteiger partial charge in [-0.15, -0.1) is 0 Å². The summed E-state index contributed by atoms with van der Waals surface area (Å²) in [5.74, 6) is 0.698. The van der Waals surface area contributed by atoms with E-state index in [0.29, 0.717) is 12.1 Å². The van der Waals surface area contributed by atoms with Crippen LogP contribution in [0.2, 0.25) is 0 Å². The Balaban J connectivity index is 2.04. The summed E-state index contributed by atoms with van der Waals surface area (Å²) in [5, 5.41) is 6.12. The molecule has 2 aromatic carbocycles. The summed E-state index contributed by atoms with van der Waals surface area (Å²) in [4.78, 5) is 12.3. The molecule has 2 N–H and O–H groups in total. The largest absolute Gasteiger partial charge is 0.497 e. The van der Waals surface area contributed by atoms with Crippen molar-refractivity contribution in [1.29, 1.82) is 0 Å². The number of carbonyl (C=O) groups excluding carboxylic acids is 1. The number of hydrogen-bond donors (Lipinski definition) is 2. The Kier molecular flexibility index (Phi) is 5.21. The number of carbonyl (C=O) groups is 1. The summed E-state index contributed by atoms with van der Waals surface area (Å²) in [7, 11) is 1.63. The van der Waals surface area contributed by atoms with Crippen LogP contribution in [0.3, 0.4) is 0 Å². The molecule has 2 aromatic rings. The van der Waals surface area contributed by atoms with Crippen LogP contribution in [0.4, 0.5) is 5.69 Å². The van der Waals surface area contributed by atoms with Gasteiger partial charge in [-0.05, 0) is 36.8 Å². The molecule has 0 saturated heterocycles. The van der Waals surface area contributed by atoms with Crippen molar-refractivity contribution in [2.75, 3.05) is 19.0 Å². The van der Waals surface area contributed by atoms with E-state index in [2.05, 4.69) is 10.6 Å². The molecule has 0 radical (unpaired) electrons. The van der Waals surface area contributed by atoms with E-state index in [1.54, 1.807) is 7.11 Å². The van der Waals surface area contributed by atoms with Gasteiger partial charge in [-0.3, -0.25) is 4.79 Å². The molecule has 0 atom stereocenters. The fraction of sp³-hybridized carbons (Fsp3) is 0.235. The molecule has 4 heteroatoms. The Bertz CT molecular complexity index is 611. The quantitative estimate of drug-likeness (QED) is 0.857. The van der Waals surface area contributed by atoms with Crippen molar-refractivity contribution in [3.63, 3.8) is 0 Å². The van der Waals surface area contributed by atoms with Gasteiger partial charge in [0.05, 0.1) is 12.7 Å². The lowest BCUT2D eigenvalue weighted by Crippen LogP contribution is -2.24. The van der Waals surface area contributed by atoms with E-state index in [1.807, 2.05) is 55.5 Å². The molecule has 0 saturated carbocycles. The first-order valence-electron chi connectivity index (χ1n) is 6.98. The molecule has 0 aliphatic carbocycles. The first-order chi connectivity index (χ1) is 10.2. The highest BCUT2D eigenvalue weighted by Crippen LogP contribution is 2.16. The minimum Gasteiger partial charge on any atom is -0.497 e. The lowest BCUT2D eigenvalue weighted by Gasteiger charge is -2.11. The molecule has 0 aromatic heterocycles. The Labute approximate surface area is 125 Å². The first kappa shape index (κ1) is 14.9. The van der Waals surface area contributed by atoms with Gasteiger partial charge in [0.2, 0.25) is 0 Å². The van der Waals surface area contributed by atoms with Gasteiger partial charge in [0.1, 0.15) is 5.75 Å². The maximum absolute atomic E-state index is 12.3. The first-order valence-corrected chi connectivity index (χ1v) is 6.98. The van der Waals surface area contributed by atoms with Gasteiger partial charge in [0.25, 0.3) is 5.91 Å². The average Bonchev–Trinajstić information content (AvgIpc) is 2.53. The zero-order valence-corrected chi connectivity index (χ0v) is 12.3. The molecule has 0 aliphatic heterocycles. The van der Waals surface area contributed by atoms with Crippen molar-refractivity contribution in [2.24, 2.45) is 0 Å². The van der Waals surface area contributed by atoms with E-state index in [0.717, 1.165) is 23.5 Å². The fourth-order valence-electron chi connectivity index (χ4n) is 2.09. The standard InChI is InChI=1S/C17H20N2O2/c1-3-18-16-10-5-4-9-15(16)17(20)19-12-13-7-6-8-14(11-13)21-2/h4-11,18H,3,12H2,1-2H3,(H,19,20). The number of hydrogen-bond acceptors (Lipinski definition) is 3. The summed E-state index contributed by atoms with van der Waals surface area (Å²) in [6, 6.07) is 15.2. The van der Waals surface area contributed by atoms with Crippen molar-refractivity contribution in [3.8, 4) is 5.75 Å². The molecule has 0 aliphatic rings. The molecule has 0 fully saturated rings. The Morgan fingerprint density at radius 2 is 1.95 bits per heavy atom. The third kappa shape index (κ3) is 3.99. The molecule has 21 heavy (non-hydrogen) atoms. The third-order valence-electron chi connectivity index (χ3n) is 3.13. The Morgan fingerprint density at radius 3 is 2.71 bits per heavy atom. The third-order valence-corrected chi connectivity index (χ3v) is 3.13. The van der Waals surface area contributed by atoms with Gasteiger partial charge >= 0.3 is 0 Å². The maximum Gasteiger partial charge on any atom is 0.253 e. The van der Waals surface area contributed by atoms with E-state index >= 15 is 0 Å². The maximum atomic E-state index is 12.3. The van der Waals surface area contributed by atoms with Crippen LogP contribution < -0.4 is 15.4 Å². The van der Waals surface area contributed by atoms with Crippen molar-refractivity contribution in [3.05, 3.63) is 59.7 Å². The molecule has 0 unspecified atom stereocenters. The van der Waals surface area contributed by atoms with Crippen LogP contribution in [0, 0.1) is 0 Å². The zero-order valence-electron chi connectivity index (χ0n) is 12.3. The Hall–Kier alpha value is -2.49. The lowest BCUT2D eigenvalue weighted by atomic mass is 10.1. The molecule has 0 heterocycles. The van der Waals surface area contributed by atoms with Crippen LogP contribution in [0.15, 0.2) is 48.5 Å². The van der Waals surface area contributed by atoms with Crippen molar-refractivity contribution >= 4 is 11.6 Å². The summed E-state index contributed by atoms with van der Waals surface area (Å²) in [6.45, 7) is 3.25. The normalized spacial score (nSPS) is 10.0. The average molecular weight is 284 g/mol. The number of benzene rings is 2. The van der Waals surface area contributed by atoms with Crippen molar-refractivity contribution < 1.29 is 9.53 Å². The number of para-hydroxylation sites is 1. The number of methoxy groups -OCH3 is 1. The van der Waals surface area contributed by atoms with E-state index in [1.165, 1.54) is 0 Å². The summed E-state index contributed by atoms with van der Waals surface area (Å²) < 4.78 is 5.17. The van der Waals surface area contributed by atoms with Crippen LogP contribution in [-0.4, -0.2) is 19.6 Å². The van der Waals surface area contributed by atoms with Gasteiger partial charge < -0.3 is 15.4 Å². The predicted octanol–water partition coefficient (Wildman–Crippen LogP) is 3.06. The van der Waals surface area contributed by atoms with Crippen LogP contribution in [-0.2, 0) is 6.54 Å². The minimum absolute atomic E-state index is 0.0885. The second-order valence-electron chi connectivity index (χ2n) is 4.61. The topological polar surface area (TPSA) is 50.4 Å². The summed E-state index contributed by atoms with van der Waals surface area (Å²) >= 11 is 0. The highest BCUT2D eigenvalue weighted by atomic mass is 16.5. The fourth-order valence-corrected chi connectivity index (χ4v) is 2.09. The molecular weight excluding hydrogens is 264 g/mol. The number of rotatable bonds is 6. The lowest BCUT2D eigenvalue weighted by molar-refractivity contribution is 0.0951. The Morgan fingerprint density at radius 1 is 1.14 bits per heavy atom. The number of ether oxygens (including phenoxy) is 1. The van der Waals surface area contributed by atoms with Crippen LogP contribution in [0.1, 0.15) is 22.8 Å². The molecule has 1 amide bonds. The minimum atomic E-state index is -0.0885. The molecule has 0 spiro atoms. The van der Waals surface area contributed by atoms with Gasteiger partial charge in [-0.2, -0.15) is 0 Å². The molecular formula is C17H20N2O2. The van der Waals surface area contributed by atoms with Gasteiger partial charge in [0, 0.05) is 18.8 Å². The smallest absolute Gasteiger partial charge is 0.253 e. The molecule has 2 rings (SSSR count). The van der Waals surface area contributed by atoms with Crippen LogP contribution in [0.25, 0.3) is 0 Å². The van der Waals surface area contributed by atoms with Crippen molar-refractivity contribution in [1.82, 2.24) is 5.32 Å². The molecule has 110 valence electrons. The van der Waals surface area contributed by atoms with Crippen LogP contribution >= 0.6 is 0 Å². The number of anilines is 1. The van der Waals surface area contributed by atoms with Gasteiger partial charge in [0.15, 0.2) is 0 Å². The van der Waals surface area contributed by atoms with Gasteiger partial charge in [-0.1, -0.05) is 24.3 Å². The SMILES string of the molecule is CCNc1ccccc1C(=O)NCc1cccc(OC)c1. The molecule has 0 bridgehead atoms. The van der Waals surface area contributed by atoms with E-state index < -0.39 is 0 Å². The highest BCUT2D eigenvalue weighted by molar-refractivity contribution is 5.99. The summed E-state index contributed by atoms with van der Waals surface area (Å²) in [5.41, 5.74) is 2.51. The monoisotopic (exact) mass is 284 g/mol. The highest BCUT2D eigenvalue weighted by Gasteiger charge is 2.10.